The van der Waals surface area contributed by atoms with Crippen LogP contribution in [0.15, 0.2) is 40.9 Å². The Labute approximate surface area is 95.8 Å². The van der Waals surface area contributed by atoms with Crippen LogP contribution in [0.1, 0.15) is 6.42 Å². The molecule has 0 amide bonds. The van der Waals surface area contributed by atoms with Crippen molar-refractivity contribution in [3.63, 3.8) is 0 Å². The summed E-state index contributed by atoms with van der Waals surface area (Å²) in [4.78, 5) is 4.69. The maximum atomic E-state index is 4.69. The zero-order valence-corrected chi connectivity index (χ0v) is 9.26. The van der Waals surface area contributed by atoms with Gasteiger partial charge in [0.25, 0.3) is 0 Å². The van der Waals surface area contributed by atoms with Gasteiger partial charge in [-0.05, 0) is 24.5 Å². The molecule has 4 unspecified atom stereocenters. The molecule has 2 aliphatic carbocycles. The number of dihydropyridines is 1. The fourth-order valence-corrected chi connectivity index (χ4v) is 3.42. The third kappa shape index (κ3) is 1.08. The summed E-state index contributed by atoms with van der Waals surface area (Å²) >= 11 is 0. The van der Waals surface area contributed by atoms with Crippen molar-refractivity contribution in [1.29, 1.82) is 0 Å². The first-order chi connectivity index (χ1) is 7.88. The third-order valence-electron chi connectivity index (χ3n) is 4.54. The van der Waals surface area contributed by atoms with Crippen molar-refractivity contribution in [1.82, 2.24) is 5.32 Å². The monoisotopic (exact) mass is 212 g/mol. The predicted octanol–water partition coefficient (Wildman–Crippen LogP) is 1.72. The van der Waals surface area contributed by atoms with Gasteiger partial charge in [0, 0.05) is 24.1 Å². The van der Waals surface area contributed by atoms with Gasteiger partial charge in [-0.1, -0.05) is 30.4 Å². The molecule has 82 valence electrons. The van der Waals surface area contributed by atoms with Crippen molar-refractivity contribution in [3.05, 3.63) is 36.0 Å². The maximum Gasteiger partial charge on any atom is 0.0780 e. The number of nitrogens with zero attached hydrogens (tertiary/aromatic N) is 1. The van der Waals surface area contributed by atoms with Crippen molar-refractivity contribution in [2.75, 3.05) is 13.1 Å². The number of nitrogens with one attached hydrogen (secondary N) is 1. The van der Waals surface area contributed by atoms with Crippen LogP contribution in [-0.4, -0.2) is 25.3 Å². The predicted molar refractivity (Wildman–Crippen MR) is 65.5 cm³/mol. The lowest BCUT2D eigenvalue weighted by Gasteiger charge is -2.25. The molecule has 1 saturated carbocycles. The molecule has 2 nitrogen and oxygen atoms in total. The number of fused-ring (bicyclic) bond motifs is 2. The molecule has 16 heavy (non-hydrogen) atoms. The van der Waals surface area contributed by atoms with Crippen molar-refractivity contribution in [2.45, 2.75) is 12.5 Å². The second-order valence-electron chi connectivity index (χ2n) is 5.43. The number of piperidine rings is 1. The number of hydrogen-bond donors (Lipinski definition) is 1. The Balaban J connectivity index is 1.67. The molecule has 0 aromatic carbocycles. The van der Waals surface area contributed by atoms with E-state index in [0.717, 1.165) is 12.5 Å². The molecule has 1 N–H and O–H groups in total. The maximum absolute atomic E-state index is 4.69. The lowest BCUT2D eigenvalue weighted by atomic mass is 9.85. The van der Waals surface area contributed by atoms with Crippen LogP contribution in [0.3, 0.4) is 0 Å². The molecule has 4 rings (SSSR count). The summed E-state index contributed by atoms with van der Waals surface area (Å²) in [7, 11) is 0. The standard InChI is InChI=1S/C14H16N2/c1-2-4-13-10(3-1)5-11(8-16-13)14-6-12(14)7-15-9-14/h1-5,8,10,12-13,15H,6-7,9H2. The summed E-state index contributed by atoms with van der Waals surface area (Å²) in [5, 5.41) is 3.50. The molecule has 0 aromatic rings. The topological polar surface area (TPSA) is 24.4 Å². The van der Waals surface area contributed by atoms with E-state index in [1.165, 1.54) is 18.5 Å². The minimum Gasteiger partial charge on any atom is -0.316 e. The Morgan fingerprint density at radius 2 is 2.25 bits per heavy atom. The molecule has 4 aliphatic rings. The van der Waals surface area contributed by atoms with Gasteiger partial charge in [0.05, 0.1) is 6.04 Å². The molecule has 0 radical (unpaired) electrons. The highest BCUT2D eigenvalue weighted by Crippen LogP contribution is 2.60. The van der Waals surface area contributed by atoms with Crippen LogP contribution in [0, 0.1) is 17.3 Å². The Hall–Kier alpha value is -1.15. The van der Waals surface area contributed by atoms with E-state index in [0.29, 0.717) is 17.4 Å². The minimum absolute atomic E-state index is 0.358. The fraction of sp³-hybridized carbons (Fsp3) is 0.500. The van der Waals surface area contributed by atoms with Gasteiger partial charge in [-0.15, -0.1) is 0 Å². The van der Waals surface area contributed by atoms with E-state index >= 15 is 0 Å². The zero-order chi connectivity index (χ0) is 10.6. The van der Waals surface area contributed by atoms with Gasteiger partial charge in [-0.3, -0.25) is 4.99 Å². The molecule has 2 heterocycles. The normalized spacial score (nSPS) is 47.5. The first-order valence-electron chi connectivity index (χ1n) is 6.20. The van der Waals surface area contributed by atoms with Gasteiger partial charge in [-0.2, -0.15) is 0 Å². The molecule has 2 heteroatoms. The zero-order valence-electron chi connectivity index (χ0n) is 9.26. The molecule has 0 aromatic heterocycles. The smallest absolute Gasteiger partial charge is 0.0780 e. The van der Waals surface area contributed by atoms with Crippen LogP contribution in [0.2, 0.25) is 0 Å². The van der Waals surface area contributed by atoms with E-state index in [9.17, 15) is 0 Å². The van der Waals surface area contributed by atoms with Gasteiger partial charge >= 0.3 is 0 Å². The van der Waals surface area contributed by atoms with Crippen molar-refractivity contribution in [2.24, 2.45) is 22.2 Å². The number of rotatable bonds is 1. The summed E-state index contributed by atoms with van der Waals surface area (Å²) in [6.45, 7) is 2.36. The Morgan fingerprint density at radius 3 is 3.06 bits per heavy atom. The van der Waals surface area contributed by atoms with Crippen LogP contribution < -0.4 is 5.32 Å². The van der Waals surface area contributed by atoms with Gasteiger partial charge < -0.3 is 5.32 Å². The van der Waals surface area contributed by atoms with Crippen molar-refractivity contribution >= 4 is 6.21 Å². The van der Waals surface area contributed by atoms with Crippen LogP contribution in [0.25, 0.3) is 0 Å². The second-order valence-corrected chi connectivity index (χ2v) is 5.43. The van der Waals surface area contributed by atoms with Crippen molar-refractivity contribution < 1.29 is 0 Å². The van der Waals surface area contributed by atoms with Crippen molar-refractivity contribution in [3.8, 4) is 0 Å². The highest BCUT2D eigenvalue weighted by molar-refractivity contribution is 5.83. The van der Waals surface area contributed by atoms with Gasteiger partial charge in [0.2, 0.25) is 0 Å². The largest absolute Gasteiger partial charge is 0.316 e. The molecule has 0 bridgehead atoms. The first-order valence-corrected chi connectivity index (χ1v) is 6.20. The van der Waals surface area contributed by atoms with Gasteiger partial charge in [0.1, 0.15) is 0 Å². The quantitative estimate of drug-likeness (QED) is 0.703. The van der Waals surface area contributed by atoms with E-state index in [4.69, 9.17) is 4.99 Å². The van der Waals surface area contributed by atoms with E-state index in [1.807, 2.05) is 0 Å². The second kappa shape index (κ2) is 2.95. The Kier molecular flexibility index (Phi) is 1.65. The fourth-order valence-electron chi connectivity index (χ4n) is 3.42. The van der Waals surface area contributed by atoms with Crippen LogP contribution >= 0.6 is 0 Å². The van der Waals surface area contributed by atoms with E-state index < -0.39 is 0 Å². The summed E-state index contributed by atoms with van der Waals surface area (Å²) in [6.07, 6.45) is 14.7. The van der Waals surface area contributed by atoms with Crippen LogP contribution in [0.4, 0.5) is 0 Å². The van der Waals surface area contributed by atoms with E-state index in [1.54, 1.807) is 0 Å². The average Bonchev–Trinajstić information content (AvgIpc) is 2.92. The Morgan fingerprint density at radius 1 is 1.31 bits per heavy atom. The lowest BCUT2D eigenvalue weighted by Crippen LogP contribution is -2.24. The SMILES string of the molecule is C1=CC2C=C(C34CNCC3C4)C=NC2C=C1. The third-order valence-corrected chi connectivity index (χ3v) is 4.54. The van der Waals surface area contributed by atoms with E-state index in [-0.39, 0.29) is 0 Å². The Bertz CT molecular complexity index is 444. The molecule has 4 atom stereocenters. The minimum atomic E-state index is 0.358. The van der Waals surface area contributed by atoms with Crippen LogP contribution in [0.5, 0.6) is 0 Å². The molecule has 2 fully saturated rings. The summed E-state index contributed by atoms with van der Waals surface area (Å²) < 4.78 is 0. The lowest BCUT2D eigenvalue weighted by molar-refractivity contribution is 0.598. The highest BCUT2D eigenvalue weighted by atomic mass is 15.0. The molecule has 0 spiro atoms. The summed E-state index contributed by atoms with van der Waals surface area (Å²) in [5.74, 6) is 1.38. The number of allylic oxidation sites excluding steroid dienone is 2. The van der Waals surface area contributed by atoms with E-state index in [2.05, 4.69) is 41.9 Å². The first kappa shape index (κ1) is 8.94. The van der Waals surface area contributed by atoms with Gasteiger partial charge in [-0.25, -0.2) is 0 Å². The summed E-state index contributed by atoms with van der Waals surface area (Å²) in [6, 6.07) is 0.358. The molecule has 2 aliphatic heterocycles. The van der Waals surface area contributed by atoms with Gasteiger partial charge in [0.15, 0.2) is 0 Å². The molecule has 1 saturated heterocycles. The van der Waals surface area contributed by atoms with Crippen LogP contribution in [-0.2, 0) is 0 Å². The molecular weight excluding hydrogens is 196 g/mol. The average molecular weight is 212 g/mol. The summed E-state index contributed by atoms with van der Waals surface area (Å²) in [5.41, 5.74) is 1.95. The number of hydrogen-bond acceptors (Lipinski definition) is 2. The molecular formula is C14H16N2. The highest BCUT2D eigenvalue weighted by Gasteiger charge is 2.59. The number of aliphatic imine (C=N–C) groups is 1.